The highest BCUT2D eigenvalue weighted by molar-refractivity contribution is 6.32. The summed E-state index contributed by atoms with van der Waals surface area (Å²) in [5.74, 6) is 1.54. The second-order valence-electron chi connectivity index (χ2n) is 6.08. The molecule has 0 aromatic heterocycles. The minimum atomic E-state index is 0.547. The molecule has 3 nitrogen and oxygen atoms in total. The van der Waals surface area contributed by atoms with E-state index in [9.17, 15) is 0 Å². The molecule has 0 heterocycles. The molecule has 134 valence electrons. The van der Waals surface area contributed by atoms with Gasteiger partial charge >= 0.3 is 0 Å². The first-order valence-corrected chi connectivity index (χ1v) is 8.87. The Bertz CT molecular complexity index is 862. The third-order valence-corrected chi connectivity index (χ3v) is 4.42. The zero-order valence-corrected chi connectivity index (χ0v) is 15.7. The van der Waals surface area contributed by atoms with Gasteiger partial charge in [-0.25, -0.2) is 0 Å². The van der Waals surface area contributed by atoms with Crippen molar-refractivity contribution in [3.05, 3.63) is 88.4 Å². The highest BCUT2D eigenvalue weighted by atomic mass is 35.5. The van der Waals surface area contributed by atoms with E-state index in [0.717, 1.165) is 22.6 Å². The summed E-state index contributed by atoms with van der Waals surface area (Å²) in [5, 5.41) is 3.96. The Morgan fingerprint density at radius 1 is 0.923 bits per heavy atom. The highest BCUT2D eigenvalue weighted by Gasteiger charge is 2.06. The molecule has 0 aliphatic carbocycles. The first-order chi connectivity index (χ1) is 12.7. The molecule has 0 aliphatic rings. The van der Waals surface area contributed by atoms with Gasteiger partial charge in [0.15, 0.2) is 0 Å². The SMILES string of the molecule is COc1ccc(NCc2ccccc2OCc2ccc(C)cc2)cc1Cl. The van der Waals surface area contributed by atoms with E-state index in [1.54, 1.807) is 7.11 Å². The van der Waals surface area contributed by atoms with Crippen molar-refractivity contribution in [2.24, 2.45) is 0 Å². The van der Waals surface area contributed by atoms with Crippen LogP contribution in [0.5, 0.6) is 11.5 Å². The van der Waals surface area contributed by atoms with E-state index in [0.29, 0.717) is 23.9 Å². The van der Waals surface area contributed by atoms with Crippen molar-refractivity contribution in [2.75, 3.05) is 12.4 Å². The summed E-state index contributed by atoms with van der Waals surface area (Å²) in [6.45, 7) is 3.27. The summed E-state index contributed by atoms with van der Waals surface area (Å²) in [6, 6.07) is 22.1. The first kappa shape index (κ1) is 18.2. The highest BCUT2D eigenvalue weighted by Crippen LogP contribution is 2.28. The standard InChI is InChI=1S/C22H22ClNO2/c1-16-7-9-17(10-8-16)15-26-21-6-4-3-5-18(21)14-24-19-11-12-22(25-2)20(23)13-19/h3-13,24H,14-15H2,1-2H3. The second-order valence-corrected chi connectivity index (χ2v) is 6.49. The van der Waals surface area contributed by atoms with Crippen LogP contribution in [0.4, 0.5) is 5.69 Å². The molecule has 0 amide bonds. The first-order valence-electron chi connectivity index (χ1n) is 8.49. The molecule has 3 aromatic carbocycles. The van der Waals surface area contributed by atoms with Gasteiger partial charge in [0.2, 0.25) is 0 Å². The Morgan fingerprint density at radius 2 is 1.69 bits per heavy atom. The van der Waals surface area contributed by atoms with Gasteiger partial charge in [-0.1, -0.05) is 59.6 Å². The van der Waals surface area contributed by atoms with Crippen molar-refractivity contribution >= 4 is 17.3 Å². The van der Waals surface area contributed by atoms with E-state index in [1.165, 1.54) is 5.56 Å². The molecular weight excluding hydrogens is 346 g/mol. The van der Waals surface area contributed by atoms with Crippen LogP contribution >= 0.6 is 11.6 Å². The molecule has 0 atom stereocenters. The van der Waals surface area contributed by atoms with E-state index in [-0.39, 0.29) is 0 Å². The number of rotatable bonds is 7. The molecule has 3 rings (SSSR count). The number of halogens is 1. The van der Waals surface area contributed by atoms with E-state index >= 15 is 0 Å². The summed E-state index contributed by atoms with van der Waals surface area (Å²) < 4.78 is 11.2. The fourth-order valence-electron chi connectivity index (χ4n) is 2.61. The number of nitrogens with one attached hydrogen (secondary N) is 1. The molecule has 0 saturated carbocycles. The van der Waals surface area contributed by atoms with Crippen molar-refractivity contribution in [2.45, 2.75) is 20.1 Å². The molecule has 0 aliphatic heterocycles. The van der Waals surface area contributed by atoms with Gasteiger partial charge in [0.1, 0.15) is 18.1 Å². The van der Waals surface area contributed by atoms with Crippen LogP contribution in [0, 0.1) is 6.92 Å². The van der Waals surface area contributed by atoms with Crippen molar-refractivity contribution in [3.63, 3.8) is 0 Å². The molecule has 3 aromatic rings. The van der Waals surface area contributed by atoms with Crippen molar-refractivity contribution in [3.8, 4) is 11.5 Å². The van der Waals surface area contributed by atoms with Crippen LogP contribution in [0.15, 0.2) is 66.7 Å². The Kier molecular flexibility index (Phi) is 6.03. The predicted octanol–water partition coefficient (Wildman–Crippen LogP) is 5.85. The summed E-state index contributed by atoms with van der Waals surface area (Å²) >= 11 is 6.18. The van der Waals surface area contributed by atoms with Crippen LogP contribution in [0.25, 0.3) is 0 Å². The molecule has 26 heavy (non-hydrogen) atoms. The molecule has 0 spiro atoms. The fourth-order valence-corrected chi connectivity index (χ4v) is 2.87. The Hall–Kier alpha value is -2.65. The number of methoxy groups -OCH3 is 1. The van der Waals surface area contributed by atoms with Crippen molar-refractivity contribution < 1.29 is 9.47 Å². The van der Waals surface area contributed by atoms with Gasteiger partial charge in [-0.15, -0.1) is 0 Å². The number of hydrogen-bond donors (Lipinski definition) is 1. The van der Waals surface area contributed by atoms with Crippen LogP contribution in [-0.4, -0.2) is 7.11 Å². The summed E-state index contributed by atoms with van der Waals surface area (Å²) in [7, 11) is 1.61. The van der Waals surface area contributed by atoms with E-state index in [2.05, 4.69) is 42.6 Å². The Balaban J connectivity index is 1.65. The molecule has 0 saturated heterocycles. The lowest BCUT2D eigenvalue weighted by atomic mass is 10.1. The quantitative estimate of drug-likeness (QED) is 0.568. The maximum absolute atomic E-state index is 6.18. The lowest BCUT2D eigenvalue weighted by Crippen LogP contribution is -2.03. The molecule has 0 radical (unpaired) electrons. The number of anilines is 1. The smallest absolute Gasteiger partial charge is 0.137 e. The van der Waals surface area contributed by atoms with Crippen molar-refractivity contribution in [1.29, 1.82) is 0 Å². The van der Waals surface area contributed by atoms with E-state index in [1.807, 2.05) is 36.4 Å². The number of benzene rings is 3. The molecule has 4 heteroatoms. The predicted molar refractivity (Wildman–Crippen MR) is 107 cm³/mol. The van der Waals surface area contributed by atoms with Crippen LogP contribution in [0.2, 0.25) is 5.02 Å². The van der Waals surface area contributed by atoms with Gasteiger partial charge < -0.3 is 14.8 Å². The van der Waals surface area contributed by atoms with E-state index < -0.39 is 0 Å². The zero-order chi connectivity index (χ0) is 18.4. The maximum atomic E-state index is 6.18. The second kappa shape index (κ2) is 8.63. The van der Waals surface area contributed by atoms with Gasteiger partial charge in [0.05, 0.1) is 12.1 Å². The minimum Gasteiger partial charge on any atom is -0.495 e. The number of aryl methyl sites for hydroxylation is 1. The number of hydrogen-bond acceptors (Lipinski definition) is 3. The topological polar surface area (TPSA) is 30.5 Å². The molecule has 0 bridgehead atoms. The van der Waals surface area contributed by atoms with Crippen LogP contribution in [0.1, 0.15) is 16.7 Å². The third-order valence-electron chi connectivity index (χ3n) is 4.12. The number of ether oxygens (including phenoxy) is 2. The fraction of sp³-hybridized carbons (Fsp3) is 0.182. The third kappa shape index (κ3) is 4.70. The van der Waals surface area contributed by atoms with Crippen molar-refractivity contribution in [1.82, 2.24) is 0 Å². The summed E-state index contributed by atoms with van der Waals surface area (Å²) in [4.78, 5) is 0. The average Bonchev–Trinajstić information content (AvgIpc) is 2.66. The van der Waals surface area contributed by atoms with Gasteiger partial charge in [-0.2, -0.15) is 0 Å². The minimum absolute atomic E-state index is 0.547. The van der Waals surface area contributed by atoms with Gasteiger partial charge in [-0.3, -0.25) is 0 Å². The van der Waals surface area contributed by atoms with E-state index in [4.69, 9.17) is 21.1 Å². The maximum Gasteiger partial charge on any atom is 0.137 e. The molecule has 0 unspecified atom stereocenters. The average molecular weight is 368 g/mol. The molecule has 0 fully saturated rings. The lowest BCUT2D eigenvalue weighted by molar-refractivity contribution is 0.303. The normalized spacial score (nSPS) is 10.4. The van der Waals surface area contributed by atoms with Crippen LogP contribution < -0.4 is 14.8 Å². The Labute approximate surface area is 159 Å². The zero-order valence-electron chi connectivity index (χ0n) is 15.0. The van der Waals surface area contributed by atoms with Gasteiger partial charge in [-0.05, 0) is 36.8 Å². The number of para-hydroxylation sites is 1. The summed E-state index contributed by atoms with van der Waals surface area (Å²) in [6.07, 6.45) is 0. The molecular formula is C22H22ClNO2. The molecule has 1 N–H and O–H groups in total. The van der Waals surface area contributed by atoms with Crippen LogP contribution in [-0.2, 0) is 13.2 Å². The Morgan fingerprint density at radius 3 is 2.42 bits per heavy atom. The monoisotopic (exact) mass is 367 g/mol. The largest absolute Gasteiger partial charge is 0.495 e. The van der Waals surface area contributed by atoms with Crippen LogP contribution in [0.3, 0.4) is 0 Å². The lowest BCUT2D eigenvalue weighted by Gasteiger charge is -2.14. The van der Waals surface area contributed by atoms with Gasteiger partial charge in [0.25, 0.3) is 0 Å². The van der Waals surface area contributed by atoms with Gasteiger partial charge in [0, 0.05) is 17.8 Å². The summed E-state index contributed by atoms with van der Waals surface area (Å²) in [5.41, 5.74) is 4.42.